The SMILES string of the molecule is COc1ccn2c3c(c(C)c2c1)C(=O)c1ccccc1C3=O. The normalized spacial score (nSPS) is 13.2. The summed E-state index contributed by atoms with van der Waals surface area (Å²) in [4.78, 5) is 25.6. The quantitative estimate of drug-likeness (QED) is 0.541. The second-order valence-electron chi connectivity index (χ2n) is 5.37. The van der Waals surface area contributed by atoms with Gasteiger partial charge in [-0.25, -0.2) is 0 Å². The second kappa shape index (κ2) is 4.31. The molecule has 0 saturated carbocycles. The number of hydrogen-bond acceptors (Lipinski definition) is 3. The number of ether oxygens (including phenoxy) is 1. The van der Waals surface area contributed by atoms with Gasteiger partial charge in [-0.15, -0.1) is 0 Å². The van der Waals surface area contributed by atoms with Gasteiger partial charge in [0.25, 0.3) is 0 Å². The number of benzene rings is 1. The molecule has 0 aliphatic heterocycles. The van der Waals surface area contributed by atoms with Crippen LogP contribution in [0.4, 0.5) is 0 Å². The van der Waals surface area contributed by atoms with Crippen LogP contribution in [0, 0.1) is 6.92 Å². The number of carbonyl (C=O) groups excluding carboxylic acids is 2. The van der Waals surface area contributed by atoms with E-state index in [0.717, 1.165) is 11.1 Å². The molecule has 1 aliphatic rings. The maximum absolute atomic E-state index is 12.8. The molecule has 0 N–H and O–H groups in total. The molecule has 0 saturated heterocycles. The van der Waals surface area contributed by atoms with Gasteiger partial charge in [-0.1, -0.05) is 24.3 Å². The third-order valence-electron chi connectivity index (χ3n) is 4.26. The Balaban J connectivity index is 2.11. The van der Waals surface area contributed by atoms with Crippen molar-refractivity contribution in [1.82, 2.24) is 4.40 Å². The Morgan fingerprint density at radius 1 is 1.00 bits per heavy atom. The van der Waals surface area contributed by atoms with Crippen molar-refractivity contribution in [3.63, 3.8) is 0 Å². The second-order valence-corrected chi connectivity index (χ2v) is 5.37. The van der Waals surface area contributed by atoms with Gasteiger partial charge in [0.05, 0.1) is 18.2 Å². The minimum atomic E-state index is -0.113. The topological polar surface area (TPSA) is 47.8 Å². The average Bonchev–Trinajstić information content (AvgIpc) is 2.85. The molecular weight excluding hydrogens is 278 g/mol. The van der Waals surface area contributed by atoms with Crippen LogP contribution < -0.4 is 4.74 Å². The molecular formula is C18H13NO3. The Labute approximate surface area is 126 Å². The molecule has 4 heteroatoms. The molecule has 0 radical (unpaired) electrons. The zero-order valence-electron chi connectivity index (χ0n) is 12.2. The van der Waals surface area contributed by atoms with Crippen LogP contribution in [-0.4, -0.2) is 23.1 Å². The van der Waals surface area contributed by atoms with Crippen molar-refractivity contribution in [2.75, 3.05) is 7.11 Å². The van der Waals surface area contributed by atoms with E-state index in [1.807, 2.05) is 13.0 Å². The monoisotopic (exact) mass is 291 g/mol. The number of hydrogen-bond donors (Lipinski definition) is 0. The van der Waals surface area contributed by atoms with Crippen molar-refractivity contribution >= 4 is 17.1 Å². The lowest BCUT2D eigenvalue weighted by Crippen LogP contribution is -2.21. The number of methoxy groups -OCH3 is 1. The van der Waals surface area contributed by atoms with Crippen molar-refractivity contribution in [3.05, 3.63) is 70.5 Å². The third-order valence-corrected chi connectivity index (χ3v) is 4.26. The number of ketones is 2. The number of pyridine rings is 1. The standard InChI is InChI=1S/C18H13NO3/c1-10-14-9-11(22-2)7-8-19(14)16-15(10)17(20)12-5-3-4-6-13(12)18(16)21/h3-9H,1-2H3. The summed E-state index contributed by atoms with van der Waals surface area (Å²) < 4.78 is 7.02. The van der Waals surface area contributed by atoms with E-state index >= 15 is 0 Å². The van der Waals surface area contributed by atoms with Gasteiger partial charge in [0, 0.05) is 23.4 Å². The Kier molecular flexibility index (Phi) is 2.51. The van der Waals surface area contributed by atoms with Crippen LogP contribution in [0.3, 0.4) is 0 Å². The summed E-state index contributed by atoms with van der Waals surface area (Å²) in [6.07, 6.45) is 1.78. The molecule has 1 aliphatic carbocycles. The lowest BCUT2D eigenvalue weighted by molar-refractivity contribution is 0.0975. The molecule has 0 unspecified atom stereocenters. The van der Waals surface area contributed by atoms with E-state index in [4.69, 9.17) is 4.74 Å². The van der Waals surface area contributed by atoms with Gasteiger partial charge in [0.1, 0.15) is 11.4 Å². The fourth-order valence-electron chi connectivity index (χ4n) is 3.16. The van der Waals surface area contributed by atoms with Crippen LogP contribution in [-0.2, 0) is 0 Å². The first-order valence-electron chi connectivity index (χ1n) is 7.00. The smallest absolute Gasteiger partial charge is 0.211 e. The van der Waals surface area contributed by atoms with Crippen LogP contribution in [0.1, 0.15) is 37.5 Å². The Morgan fingerprint density at radius 2 is 1.68 bits per heavy atom. The number of nitrogens with zero attached hydrogens (tertiary/aromatic N) is 1. The molecule has 3 aromatic rings. The van der Waals surface area contributed by atoms with Gasteiger partial charge in [-0.2, -0.15) is 0 Å². The zero-order chi connectivity index (χ0) is 15.4. The van der Waals surface area contributed by atoms with Gasteiger partial charge >= 0.3 is 0 Å². The number of rotatable bonds is 1. The van der Waals surface area contributed by atoms with E-state index in [1.165, 1.54) is 0 Å². The maximum Gasteiger partial charge on any atom is 0.211 e. The molecule has 0 bridgehead atoms. The average molecular weight is 291 g/mol. The Morgan fingerprint density at radius 3 is 2.36 bits per heavy atom. The summed E-state index contributed by atoms with van der Waals surface area (Å²) in [5.41, 5.74) is 3.51. The fraction of sp³-hybridized carbons (Fsp3) is 0.111. The number of aromatic nitrogens is 1. The maximum atomic E-state index is 12.8. The summed E-state index contributed by atoms with van der Waals surface area (Å²) in [6, 6.07) is 10.6. The van der Waals surface area contributed by atoms with Crippen LogP contribution in [0.15, 0.2) is 42.6 Å². The number of carbonyl (C=O) groups is 2. The summed E-state index contributed by atoms with van der Waals surface area (Å²) >= 11 is 0. The Hall–Kier alpha value is -2.88. The third kappa shape index (κ3) is 1.46. The van der Waals surface area contributed by atoms with Gasteiger partial charge in [0.15, 0.2) is 5.78 Å². The van der Waals surface area contributed by atoms with Crippen molar-refractivity contribution in [3.8, 4) is 5.75 Å². The van der Waals surface area contributed by atoms with Crippen LogP contribution in [0.25, 0.3) is 5.52 Å². The Bertz CT molecular complexity index is 966. The van der Waals surface area contributed by atoms with E-state index in [-0.39, 0.29) is 11.6 Å². The highest BCUT2D eigenvalue weighted by molar-refractivity contribution is 6.29. The molecule has 2 aromatic heterocycles. The van der Waals surface area contributed by atoms with E-state index in [0.29, 0.717) is 28.1 Å². The highest BCUT2D eigenvalue weighted by atomic mass is 16.5. The van der Waals surface area contributed by atoms with Crippen LogP contribution in [0.2, 0.25) is 0 Å². The first-order valence-corrected chi connectivity index (χ1v) is 7.00. The highest BCUT2D eigenvalue weighted by Crippen LogP contribution is 2.34. The predicted octanol–water partition coefficient (Wildman–Crippen LogP) is 3.03. The summed E-state index contributed by atoms with van der Waals surface area (Å²) in [5.74, 6) is 0.492. The summed E-state index contributed by atoms with van der Waals surface area (Å²) in [5, 5.41) is 0. The molecule has 2 heterocycles. The van der Waals surface area contributed by atoms with E-state index < -0.39 is 0 Å². The fourth-order valence-corrected chi connectivity index (χ4v) is 3.16. The van der Waals surface area contributed by atoms with Crippen molar-refractivity contribution in [1.29, 1.82) is 0 Å². The van der Waals surface area contributed by atoms with Gasteiger partial charge in [-0.3, -0.25) is 9.59 Å². The summed E-state index contributed by atoms with van der Waals surface area (Å²) in [6.45, 7) is 1.87. The van der Waals surface area contributed by atoms with Crippen molar-refractivity contribution in [2.45, 2.75) is 6.92 Å². The molecule has 0 amide bonds. The van der Waals surface area contributed by atoms with Gasteiger partial charge < -0.3 is 9.14 Å². The molecule has 108 valence electrons. The van der Waals surface area contributed by atoms with E-state index in [2.05, 4.69) is 0 Å². The van der Waals surface area contributed by atoms with Gasteiger partial charge in [-0.05, 0) is 18.6 Å². The largest absolute Gasteiger partial charge is 0.497 e. The van der Waals surface area contributed by atoms with Crippen LogP contribution >= 0.6 is 0 Å². The minimum absolute atomic E-state index is 0.0923. The van der Waals surface area contributed by atoms with Crippen molar-refractivity contribution < 1.29 is 14.3 Å². The summed E-state index contributed by atoms with van der Waals surface area (Å²) in [7, 11) is 1.59. The number of aryl methyl sites for hydroxylation is 1. The first-order chi connectivity index (χ1) is 10.6. The predicted molar refractivity (Wildman–Crippen MR) is 82.0 cm³/mol. The zero-order valence-corrected chi connectivity index (χ0v) is 12.2. The van der Waals surface area contributed by atoms with E-state index in [9.17, 15) is 9.59 Å². The van der Waals surface area contributed by atoms with Crippen LogP contribution in [0.5, 0.6) is 5.75 Å². The van der Waals surface area contributed by atoms with Crippen molar-refractivity contribution in [2.24, 2.45) is 0 Å². The molecule has 4 rings (SSSR count). The number of fused-ring (bicyclic) bond motifs is 4. The van der Waals surface area contributed by atoms with Gasteiger partial charge in [0.2, 0.25) is 5.78 Å². The molecule has 4 nitrogen and oxygen atoms in total. The molecule has 0 spiro atoms. The first kappa shape index (κ1) is 12.8. The highest BCUT2D eigenvalue weighted by Gasteiger charge is 2.34. The minimum Gasteiger partial charge on any atom is -0.497 e. The lowest BCUT2D eigenvalue weighted by Gasteiger charge is -2.15. The molecule has 22 heavy (non-hydrogen) atoms. The van der Waals surface area contributed by atoms with E-state index in [1.54, 1.807) is 48.0 Å². The molecule has 0 fully saturated rings. The lowest BCUT2D eigenvalue weighted by atomic mass is 9.86. The molecule has 0 atom stereocenters. The molecule has 1 aromatic carbocycles.